The van der Waals surface area contributed by atoms with Crippen LogP contribution in [-0.2, 0) is 4.79 Å². The van der Waals surface area contributed by atoms with E-state index in [1.165, 1.54) is 0 Å². The molecule has 14 heteroatoms. The zero-order chi connectivity index (χ0) is 20.2. The summed E-state index contributed by atoms with van der Waals surface area (Å²) in [4.78, 5) is 10.4. The molecular weight excluding hydrogens is 395 g/mol. The first-order valence-corrected chi connectivity index (χ1v) is 6.17. The quantitative estimate of drug-likeness (QED) is 0.498. The van der Waals surface area contributed by atoms with Gasteiger partial charge in [-0.3, -0.25) is 9.18 Å². The van der Waals surface area contributed by atoms with Crippen LogP contribution in [0.3, 0.4) is 0 Å². The lowest BCUT2D eigenvalue weighted by Crippen LogP contribution is -2.87. The van der Waals surface area contributed by atoms with E-state index >= 15 is 0 Å². The van der Waals surface area contributed by atoms with Crippen LogP contribution in [0.1, 0.15) is 6.42 Å². The van der Waals surface area contributed by atoms with Crippen LogP contribution in [-0.4, -0.2) is 60.3 Å². The minimum atomic E-state index is -7.03. The first-order valence-electron chi connectivity index (χ1n) is 6.17. The van der Waals surface area contributed by atoms with Gasteiger partial charge in [-0.2, -0.15) is 22.0 Å². The van der Waals surface area contributed by atoms with E-state index < -0.39 is 66.8 Å². The molecule has 0 saturated heterocycles. The molecule has 1 fully saturated rings. The van der Waals surface area contributed by atoms with Gasteiger partial charge in [0.2, 0.25) is 0 Å². The van der Waals surface area contributed by atoms with Crippen molar-refractivity contribution in [2.75, 3.05) is 6.67 Å². The SMILES string of the molecule is O=C(F)C1(F)C(F)C(F)(C(F)F)C(F)(F)C(F)(C(F)CCF)C1(F)F. The van der Waals surface area contributed by atoms with Crippen molar-refractivity contribution in [2.24, 2.45) is 0 Å². The van der Waals surface area contributed by atoms with Gasteiger partial charge in [-0.1, -0.05) is 0 Å². The zero-order valence-corrected chi connectivity index (χ0v) is 11.5. The predicted molar refractivity (Wildman–Crippen MR) is 53.9 cm³/mol. The molecule has 25 heavy (non-hydrogen) atoms. The lowest BCUT2D eigenvalue weighted by atomic mass is 9.61. The topological polar surface area (TPSA) is 17.1 Å². The molecular formula is C11H7F13O. The summed E-state index contributed by atoms with van der Waals surface area (Å²) >= 11 is 0. The van der Waals surface area contributed by atoms with Gasteiger partial charge in [-0.15, -0.1) is 0 Å². The van der Waals surface area contributed by atoms with Crippen LogP contribution in [0, 0.1) is 0 Å². The standard InChI is InChI=1S/C11H7F13O/c12-2-1-3(13)9(20)10(21,22)7(18,5(15)16)4(14)8(19,6(17)25)11(9,23)24/h3-5H,1-2H2. The van der Waals surface area contributed by atoms with Crippen LogP contribution in [0.2, 0.25) is 0 Å². The summed E-state index contributed by atoms with van der Waals surface area (Å²) in [6.45, 7) is -2.20. The van der Waals surface area contributed by atoms with Crippen molar-refractivity contribution in [2.45, 2.75) is 54.0 Å². The molecule has 1 aliphatic rings. The Morgan fingerprint density at radius 1 is 0.920 bits per heavy atom. The highest BCUT2D eigenvalue weighted by atomic mass is 19.3. The van der Waals surface area contributed by atoms with E-state index in [0.717, 1.165) is 0 Å². The average molecular weight is 402 g/mol. The first kappa shape index (κ1) is 21.8. The highest BCUT2D eigenvalue weighted by molar-refractivity contribution is 5.82. The van der Waals surface area contributed by atoms with Gasteiger partial charge in [0.15, 0.2) is 6.17 Å². The lowest BCUT2D eigenvalue weighted by Gasteiger charge is -2.55. The minimum Gasteiger partial charge on any atom is -0.257 e. The summed E-state index contributed by atoms with van der Waals surface area (Å²) < 4.78 is 174. The fourth-order valence-electron chi connectivity index (χ4n) is 2.51. The minimum absolute atomic E-state index is 2.20. The Balaban J connectivity index is 3.95. The van der Waals surface area contributed by atoms with E-state index in [4.69, 9.17) is 0 Å². The third-order valence-electron chi connectivity index (χ3n) is 3.97. The van der Waals surface area contributed by atoms with Crippen LogP contribution in [0.15, 0.2) is 0 Å². The number of carbonyl (C=O) groups excluding carboxylic acids is 1. The molecule has 1 rings (SSSR count). The van der Waals surface area contributed by atoms with E-state index in [2.05, 4.69) is 0 Å². The Hall–Kier alpha value is -1.24. The number of halogens is 13. The van der Waals surface area contributed by atoms with E-state index in [0.29, 0.717) is 0 Å². The van der Waals surface area contributed by atoms with Crippen LogP contribution in [0.4, 0.5) is 57.1 Å². The van der Waals surface area contributed by atoms with Gasteiger partial charge in [-0.05, 0) is 0 Å². The first-order chi connectivity index (χ1) is 11.0. The van der Waals surface area contributed by atoms with Gasteiger partial charge in [-0.25, -0.2) is 30.7 Å². The summed E-state index contributed by atoms with van der Waals surface area (Å²) in [5, 5.41) is 0. The Morgan fingerprint density at radius 3 is 1.68 bits per heavy atom. The molecule has 1 aliphatic carbocycles. The molecule has 1 nitrogen and oxygen atoms in total. The average Bonchev–Trinajstić information content (AvgIpc) is 2.49. The second kappa shape index (κ2) is 5.89. The molecule has 1 saturated carbocycles. The van der Waals surface area contributed by atoms with Gasteiger partial charge in [0, 0.05) is 6.42 Å². The maximum absolute atomic E-state index is 14.3. The summed E-state index contributed by atoms with van der Waals surface area (Å²) in [7, 11) is 0. The second-order valence-corrected chi connectivity index (χ2v) is 5.22. The van der Waals surface area contributed by atoms with Gasteiger partial charge >= 0.3 is 23.6 Å². The van der Waals surface area contributed by atoms with Gasteiger partial charge in [0.1, 0.15) is 6.17 Å². The molecule has 148 valence electrons. The molecule has 0 radical (unpaired) electrons. The van der Waals surface area contributed by atoms with Crippen molar-refractivity contribution in [1.29, 1.82) is 0 Å². The van der Waals surface area contributed by atoms with Gasteiger partial charge in [0.05, 0.1) is 6.67 Å². The molecule has 0 aromatic rings. The maximum atomic E-state index is 14.3. The predicted octanol–water partition coefficient (Wildman–Crippen LogP) is 4.19. The highest BCUT2D eigenvalue weighted by Gasteiger charge is 2.97. The largest absolute Gasteiger partial charge is 0.348 e. The van der Waals surface area contributed by atoms with E-state index in [-0.39, 0.29) is 0 Å². The molecule has 5 atom stereocenters. The number of hydrogen-bond acceptors (Lipinski definition) is 1. The molecule has 0 aliphatic heterocycles. The normalized spacial score (nSPS) is 41.6. The molecule has 0 amide bonds. The fourth-order valence-corrected chi connectivity index (χ4v) is 2.51. The zero-order valence-electron chi connectivity index (χ0n) is 11.5. The number of rotatable bonds is 5. The van der Waals surface area contributed by atoms with Crippen LogP contribution in [0.5, 0.6) is 0 Å². The fraction of sp³-hybridized carbons (Fsp3) is 0.909. The van der Waals surface area contributed by atoms with Gasteiger partial charge < -0.3 is 0 Å². The van der Waals surface area contributed by atoms with Crippen LogP contribution < -0.4 is 0 Å². The molecule has 5 unspecified atom stereocenters. The third-order valence-corrected chi connectivity index (χ3v) is 3.97. The maximum Gasteiger partial charge on any atom is 0.348 e. The molecule has 0 N–H and O–H groups in total. The Bertz CT molecular complexity index is 538. The van der Waals surface area contributed by atoms with Gasteiger partial charge in [0.25, 0.3) is 17.8 Å². The lowest BCUT2D eigenvalue weighted by molar-refractivity contribution is -0.403. The number of alkyl halides is 12. The Kier molecular flexibility index (Phi) is 5.14. The molecule has 0 heterocycles. The molecule has 0 aromatic heterocycles. The van der Waals surface area contributed by atoms with Crippen LogP contribution in [0.25, 0.3) is 0 Å². The van der Waals surface area contributed by atoms with Crippen molar-refractivity contribution in [1.82, 2.24) is 0 Å². The van der Waals surface area contributed by atoms with Crippen molar-refractivity contribution >= 4 is 6.04 Å². The van der Waals surface area contributed by atoms with Crippen molar-refractivity contribution in [3.8, 4) is 0 Å². The summed E-state index contributed by atoms with van der Waals surface area (Å²) in [6, 6.07) is -4.34. The molecule has 0 aromatic carbocycles. The van der Waals surface area contributed by atoms with E-state index in [9.17, 15) is 61.9 Å². The third kappa shape index (κ3) is 2.14. The summed E-state index contributed by atoms with van der Waals surface area (Å²) in [5.41, 5.74) is -19.8. The van der Waals surface area contributed by atoms with Crippen molar-refractivity contribution in [3.63, 3.8) is 0 Å². The van der Waals surface area contributed by atoms with E-state index in [1.807, 2.05) is 0 Å². The van der Waals surface area contributed by atoms with E-state index in [1.54, 1.807) is 0 Å². The summed E-state index contributed by atoms with van der Waals surface area (Å²) in [6.07, 6.45) is -18.0. The molecule has 0 bridgehead atoms. The summed E-state index contributed by atoms with van der Waals surface area (Å²) in [5.74, 6) is -14.1. The Morgan fingerprint density at radius 2 is 1.36 bits per heavy atom. The Labute approximate surface area is 130 Å². The molecule has 0 spiro atoms. The number of hydrogen-bond donors (Lipinski definition) is 0. The van der Waals surface area contributed by atoms with Crippen molar-refractivity contribution < 1.29 is 61.9 Å². The van der Waals surface area contributed by atoms with Crippen LogP contribution >= 0.6 is 0 Å². The number of carbonyl (C=O) groups is 1. The monoisotopic (exact) mass is 402 g/mol. The highest BCUT2D eigenvalue weighted by Crippen LogP contribution is 2.67. The van der Waals surface area contributed by atoms with Crippen molar-refractivity contribution in [3.05, 3.63) is 0 Å². The smallest absolute Gasteiger partial charge is 0.257 e. The second-order valence-electron chi connectivity index (χ2n) is 5.22.